The molecular formula is C8H17F2NOS. The van der Waals surface area contributed by atoms with Crippen LogP contribution >= 0.6 is 0 Å². The maximum absolute atomic E-state index is 12.7. The van der Waals surface area contributed by atoms with E-state index >= 15 is 0 Å². The van der Waals surface area contributed by atoms with E-state index in [1.54, 1.807) is 7.05 Å². The van der Waals surface area contributed by atoms with Crippen molar-refractivity contribution >= 4 is 10.8 Å². The van der Waals surface area contributed by atoms with Gasteiger partial charge in [0.15, 0.2) is 0 Å². The molecule has 5 heteroatoms. The van der Waals surface area contributed by atoms with Crippen LogP contribution in [0.3, 0.4) is 0 Å². The maximum Gasteiger partial charge on any atom is 0.271 e. The second-order valence-electron chi connectivity index (χ2n) is 2.88. The van der Waals surface area contributed by atoms with Crippen molar-refractivity contribution in [3.05, 3.63) is 0 Å². The predicted octanol–water partition coefficient (Wildman–Crippen LogP) is 1.34. The van der Waals surface area contributed by atoms with E-state index in [9.17, 15) is 13.0 Å². The van der Waals surface area contributed by atoms with Crippen molar-refractivity contribution in [2.45, 2.75) is 19.8 Å². The minimum atomic E-state index is -2.77. The highest BCUT2D eigenvalue weighted by Gasteiger charge is 2.35. The standard InChI is InChI=1S/C6H11F2NOS.C2H6/c1-9-2-3-11(10)5-6(7,8)4-9;1-2/h2-5H2,1H3;1-2H3. The lowest BCUT2D eigenvalue weighted by Crippen LogP contribution is -2.35. The van der Waals surface area contributed by atoms with Crippen molar-refractivity contribution in [1.29, 1.82) is 0 Å². The van der Waals surface area contributed by atoms with Crippen LogP contribution in [0.1, 0.15) is 13.8 Å². The highest BCUT2D eigenvalue weighted by atomic mass is 32.2. The van der Waals surface area contributed by atoms with Gasteiger partial charge in [0.2, 0.25) is 0 Å². The first kappa shape index (κ1) is 13.0. The molecule has 0 spiro atoms. The molecule has 1 unspecified atom stereocenters. The van der Waals surface area contributed by atoms with Gasteiger partial charge in [0.1, 0.15) is 0 Å². The summed E-state index contributed by atoms with van der Waals surface area (Å²) in [6, 6.07) is 0. The quantitative estimate of drug-likeness (QED) is 0.605. The molecule has 0 aromatic rings. The summed E-state index contributed by atoms with van der Waals surface area (Å²) >= 11 is 0. The second-order valence-corrected chi connectivity index (χ2v) is 4.46. The Morgan fingerprint density at radius 3 is 2.46 bits per heavy atom. The van der Waals surface area contributed by atoms with Gasteiger partial charge in [0.25, 0.3) is 5.92 Å². The molecule has 13 heavy (non-hydrogen) atoms. The number of halogens is 2. The summed E-state index contributed by atoms with van der Waals surface area (Å²) in [5.41, 5.74) is 0. The van der Waals surface area contributed by atoms with E-state index in [2.05, 4.69) is 0 Å². The molecule has 0 aromatic heterocycles. The van der Waals surface area contributed by atoms with Crippen LogP contribution in [0.2, 0.25) is 0 Å². The fourth-order valence-electron chi connectivity index (χ4n) is 1.08. The molecule has 0 N–H and O–H groups in total. The molecule has 1 fully saturated rings. The molecule has 1 aliphatic heterocycles. The minimum Gasteiger partial charge on any atom is -0.300 e. The van der Waals surface area contributed by atoms with Gasteiger partial charge < -0.3 is 0 Å². The third kappa shape index (κ3) is 5.31. The Hall–Kier alpha value is -0.0300. The molecule has 0 aromatic carbocycles. The molecule has 0 amide bonds. The number of rotatable bonds is 0. The van der Waals surface area contributed by atoms with E-state index in [0.717, 1.165) is 0 Å². The van der Waals surface area contributed by atoms with Gasteiger partial charge in [-0.2, -0.15) is 0 Å². The third-order valence-corrected chi connectivity index (χ3v) is 2.96. The van der Waals surface area contributed by atoms with Crippen molar-refractivity contribution in [1.82, 2.24) is 4.90 Å². The molecule has 2 nitrogen and oxygen atoms in total. The monoisotopic (exact) mass is 213 g/mol. The lowest BCUT2D eigenvalue weighted by molar-refractivity contribution is 0.000354. The molecule has 0 saturated carbocycles. The maximum atomic E-state index is 12.7. The molecule has 1 saturated heterocycles. The van der Waals surface area contributed by atoms with Gasteiger partial charge in [0.05, 0.1) is 12.3 Å². The zero-order valence-corrected chi connectivity index (χ0v) is 9.16. The predicted molar refractivity (Wildman–Crippen MR) is 51.7 cm³/mol. The van der Waals surface area contributed by atoms with Crippen LogP contribution in [-0.4, -0.2) is 46.7 Å². The van der Waals surface area contributed by atoms with Gasteiger partial charge in [-0.3, -0.25) is 9.11 Å². The average molecular weight is 213 g/mol. The summed E-state index contributed by atoms with van der Waals surface area (Å²) in [5, 5.41) is 0. The third-order valence-electron chi connectivity index (χ3n) is 1.57. The minimum absolute atomic E-state index is 0.265. The fourth-order valence-corrected chi connectivity index (χ4v) is 2.31. The molecule has 1 rings (SSSR count). The van der Waals surface area contributed by atoms with E-state index in [4.69, 9.17) is 0 Å². The van der Waals surface area contributed by atoms with Crippen molar-refractivity contribution in [2.75, 3.05) is 31.6 Å². The van der Waals surface area contributed by atoms with Crippen molar-refractivity contribution in [3.63, 3.8) is 0 Å². The largest absolute Gasteiger partial charge is 0.300 e. The van der Waals surface area contributed by atoms with Gasteiger partial charge in [-0.15, -0.1) is 0 Å². The van der Waals surface area contributed by atoms with Crippen LogP contribution in [0.5, 0.6) is 0 Å². The van der Waals surface area contributed by atoms with Crippen LogP contribution in [0.4, 0.5) is 8.78 Å². The van der Waals surface area contributed by atoms with E-state index in [0.29, 0.717) is 12.3 Å². The Bertz CT molecular complexity index is 176. The summed E-state index contributed by atoms with van der Waals surface area (Å²) in [5.74, 6) is -2.88. The molecule has 80 valence electrons. The van der Waals surface area contributed by atoms with Gasteiger partial charge in [-0.25, -0.2) is 8.78 Å². The van der Waals surface area contributed by atoms with Crippen molar-refractivity contribution in [2.24, 2.45) is 0 Å². The molecule has 1 heterocycles. The summed E-state index contributed by atoms with van der Waals surface area (Å²) in [7, 11) is 0.282. The summed E-state index contributed by atoms with van der Waals surface area (Å²) in [4.78, 5) is 1.52. The Labute approximate surface area is 80.8 Å². The van der Waals surface area contributed by atoms with Gasteiger partial charge in [0, 0.05) is 23.1 Å². The summed E-state index contributed by atoms with van der Waals surface area (Å²) in [6.07, 6.45) is 0. The Morgan fingerprint density at radius 1 is 1.38 bits per heavy atom. The van der Waals surface area contributed by atoms with Gasteiger partial charge in [-0.1, -0.05) is 13.8 Å². The smallest absolute Gasteiger partial charge is 0.271 e. The zero-order valence-electron chi connectivity index (χ0n) is 8.35. The SMILES string of the molecule is CC.CN1CCS(=O)CC(F)(F)C1. The topological polar surface area (TPSA) is 20.3 Å². The zero-order chi connectivity index (χ0) is 10.5. The van der Waals surface area contributed by atoms with Crippen molar-refractivity contribution < 1.29 is 13.0 Å². The summed E-state index contributed by atoms with van der Waals surface area (Å²) in [6.45, 7) is 4.24. The molecular weight excluding hydrogens is 196 g/mol. The van der Waals surface area contributed by atoms with E-state index in [1.165, 1.54) is 4.90 Å². The number of nitrogens with zero attached hydrogens (tertiary/aromatic N) is 1. The van der Waals surface area contributed by atoms with Gasteiger partial charge >= 0.3 is 0 Å². The fraction of sp³-hybridized carbons (Fsp3) is 1.00. The van der Waals surface area contributed by atoms with Gasteiger partial charge in [-0.05, 0) is 7.05 Å². The highest BCUT2D eigenvalue weighted by molar-refractivity contribution is 7.85. The number of alkyl halides is 2. The van der Waals surface area contributed by atoms with Crippen LogP contribution in [0.15, 0.2) is 0 Å². The molecule has 1 atom stereocenters. The number of hydrogen-bond donors (Lipinski definition) is 0. The molecule has 0 aliphatic carbocycles. The van der Waals surface area contributed by atoms with Crippen LogP contribution in [0, 0.1) is 0 Å². The van der Waals surface area contributed by atoms with E-state index in [1.807, 2.05) is 13.8 Å². The highest BCUT2D eigenvalue weighted by Crippen LogP contribution is 2.18. The molecule has 1 aliphatic rings. The number of hydrogen-bond acceptors (Lipinski definition) is 2. The van der Waals surface area contributed by atoms with E-state index < -0.39 is 22.5 Å². The first-order valence-corrected chi connectivity index (χ1v) is 5.90. The first-order chi connectivity index (χ1) is 5.99. The normalized spacial score (nSPS) is 28.5. The first-order valence-electron chi connectivity index (χ1n) is 4.41. The Morgan fingerprint density at radius 2 is 1.92 bits per heavy atom. The molecule has 0 bridgehead atoms. The lowest BCUT2D eigenvalue weighted by Gasteiger charge is -2.17. The van der Waals surface area contributed by atoms with Crippen LogP contribution < -0.4 is 0 Å². The van der Waals surface area contributed by atoms with Crippen molar-refractivity contribution in [3.8, 4) is 0 Å². The van der Waals surface area contributed by atoms with Crippen LogP contribution in [0.25, 0.3) is 0 Å². The summed E-state index contributed by atoms with van der Waals surface area (Å²) < 4.78 is 36.3. The second kappa shape index (κ2) is 5.65. The Balaban J connectivity index is 0.000000671. The average Bonchev–Trinajstić information content (AvgIpc) is 2.12. The lowest BCUT2D eigenvalue weighted by atomic mass is 10.3. The van der Waals surface area contributed by atoms with E-state index in [-0.39, 0.29) is 6.54 Å². The molecule has 0 radical (unpaired) electrons. The Kier molecular flexibility index (Phi) is 5.64. The van der Waals surface area contributed by atoms with Crippen LogP contribution in [-0.2, 0) is 10.8 Å².